The summed E-state index contributed by atoms with van der Waals surface area (Å²) < 4.78 is 6.14. The average Bonchev–Trinajstić information content (AvgIpc) is 2.49. The zero-order valence-corrected chi connectivity index (χ0v) is 23.2. The van der Waals surface area contributed by atoms with Gasteiger partial charge < -0.3 is 0 Å². The quantitative estimate of drug-likeness (QED) is 0.213. The van der Waals surface area contributed by atoms with Crippen LogP contribution in [0.5, 0.6) is 0 Å². The van der Waals surface area contributed by atoms with Gasteiger partial charge in [0.05, 0.1) is 9.32 Å². The first-order chi connectivity index (χ1) is 11.0. The Kier molecular flexibility index (Phi) is 10.0. The molecule has 0 aromatic heterocycles. The van der Waals surface area contributed by atoms with Crippen LogP contribution in [-0.2, 0) is 0 Å². The van der Waals surface area contributed by atoms with Crippen molar-refractivity contribution < 1.29 is 0 Å². The van der Waals surface area contributed by atoms with Gasteiger partial charge in [0.1, 0.15) is 0 Å². The Morgan fingerprint density at radius 1 is 0.565 bits per heavy atom. The van der Waals surface area contributed by atoms with Crippen LogP contribution in [0.4, 0.5) is 0 Å². The van der Waals surface area contributed by atoms with Crippen molar-refractivity contribution in [3.05, 3.63) is 42.2 Å². The van der Waals surface area contributed by atoms with E-state index in [9.17, 15) is 0 Å². The van der Waals surface area contributed by atoms with E-state index in [0.29, 0.717) is 0 Å². The molecule has 0 saturated heterocycles. The zero-order valence-electron chi connectivity index (χ0n) is 11.2. The van der Waals surface area contributed by atoms with Crippen LogP contribution in [0, 0.1) is 0 Å². The maximum atomic E-state index is 3.68. The summed E-state index contributed by atoms with van der Waals surface area (Å²) in [4.78, 5) is 4.76. The number of thioether (sulfide) groups is 2. The highest BCUT2D eigenvalue weighted by molar-refractivity contribution is 9.12. The molecule has 0 nitrogen and oxygen atoms in total. The molecule has 0 unspecified atom stereocenters. The lowest BCUT2D eigenvalue weighted by atomic mass is 10.4. The standard InChI is InChI=1S/C14H8Br6S3/c15-5-21-11-1-9(19)13(3-7(11)17)23-14-4-8(18)12(22-6-16)2-10(14)20/h1-4H,5-6H2. The van der Waals surface area contributed by atoms with E-state index in [1.165, 1.54) is 19.6 Å². The Morgan fingerprint density at radius 3 is 1.22 bits per heavy atom. The Bertz CT molecular complexity index is 648. The lowest BCUT2D eigenvalue weighted by Crippen LogP contribution is -1.84. The summed E-state index contributed by atoms with van der Waals surface area (Å²) in [6, 6.07) is 8.61. The van der Waals surface area contributed by atoms with Gasteiger partial charge in [-0.05, 0) is 88.0 Å². The normalized spacial score (nSPS) is 11.0. The lowest BCUT2D eigenvalue weighted by molar-refractivity contribution is 1.24. The van der Waals surface area contributed by atoms with E-state index >= 15 is 0 Å². The van der Waals surface area contributed by atoms with Crippen LogP contribution in [0.1, 0.15) is 0 Å². The second-order valence-electron chi connectivity index (χ2n) is 4.04. The first-order valence-electron chi connectivity index (χ1n) is 5.99. The fourth-order valence-corrected chi connectivity index (χ4v) is 8.20. The summed E-state index contributed by atoms with van der Waals surface area (Å²) >= 11 is 26.8. The minimum Gasteiger partial charge on any atom is -0.113 e. The third-order valence-corrected chi connectivity index (χ3v) is 10.3. The Labute approximate surface area is 199 Å². The molecular formula is C14H8Br6S3. The molecule has 0 heterocycles. The molecule has 2 aromatic carbocycles. The molecule has 0 atom stereocenters. The predicted molar refractivity (Wildman–Crippen MR) is 127 cm³/mol. The van der Waals surface area contributed by atoms with Gasteiger partial charge in [-0.15, -0.1) is 23.5 Å². The molecule has 0 bridgehead atoms. The third-order valence-electron chi connectivity index (χ3n) is 2.61. The van der Waals surface area contributed by atoms with Crippen LogP contribution < -0.4 is 0 Å². The van der Waals surface area contributed by atoms with Crippen LogP contribution in [0.2, 0.25) is 0 Å². The molecule has 124 valence electrons. The van der Waals surface area contributed by atoms with Gasteiger partial charge in [0, 0.05) is 37.5 Å². The molecular weight excluding hydrogens is 744 g/mol. The molecule has 2 rings (SSSR count). The fourth-order valence-electron chi connectivity index (χ4n) is 1.63. The third kappa shape index (κ3) is 6.19. The molecule has 0 saturated carbocycles. The van der Waals surface area contributed by atoms with E-state index < -0.39 is 0 Å². The highest BCUT2D eigenvalue weighted by Gasteiger charge is 2.12. The smallest absolute Gasteiger partial charge is 0.0538 e. The second kappa shape index (κ2) is 10.6. The van der Waals surface area contributed by atoms with Crippen molar-refractivity contribution in [2.75, 3.05) is 9.32 Å². The SMILES string of the molecule is BrCSc1cc(Br)c(Sc2cc(Br)c(SCBr)cc2Br)cc1Br. The van der Waals surface area contributed by atoms with Crippen molar-refractivity contribution in [1.82, 2.24) is 0 Å². The molecule has 9 heteroatoms. The number of halogens is 6. The number of hydrogen-bond donors (Lipinski definition) is 0. The van der Waals surface area contributed by atoms with E-state index in [0.717, 1.165) is 27.2 Å². The predicted octanol–water partition coefficient (Wildman–Crippen LogP) is 9.78. The van der Waals surface area contributed by atoms with E-state index in [-0.39, 0.29) is 0 Å². The summed E-state index contributed by atoms with van der Waals surface area (Å²) in [6.07, 6.45) is 0. The minimum atomic E-state index is 0.871. The minimum absolute atomic E-state index is 0.871. The highest BCUT2D eigenvalue weighted by atomic mass is 79.9. The molecule has 0 N–H and O–H groups in total. The number of rotatable bonds is 6. The Hall–Kier alpha value is 2.37. The van der Waals surface area contributed by atoms with Crippen molar-refractivity contribution in [1.29, 1.82) is 0 Å². The maximum Gasteiger partial charge on any atom is 0.0538 e. The van der Waals surface area contributed by atoms with Crippen molar-refractivity contribution in [3.8, 4) is 0 Å². The summed E-state index contributed by atoms with van der Waals surface area (Å²) in [6.45, 7) is 0. The van der Waals surface area contributed by atoms with E-state index in [1.54, 1.807) is 35.3 Å². The van der Waals surface area contributed by atoms with Gasteiger partial charge in [-0.3, -0.25) is 0 Å². The molecule has 0 aliphatic rings. The molecule has 0 spiro atoms. The van der Waals surface area contributed by atoms with Gasteiger partial charge in [-0.25, -0.2) is 0 Å². The molecule has 0 aliphatic carbocycles. The van der Waals surface area contributed by atoms with E-state index in [4.69, 9.17) is 0 Å². The van der Waals surface area contributed by atoms with E-state index in [2.05, 4.69) is 120 Å². The van der Waals surface area contributed by atoms with Gasteiger partial charge >= 0.3 is 0 Å². The van der Waals surface area contributed by atoms with Crippen molar-refractivity contribution in [2.45, 2.75) is 19.6 Å². The molecule has 0 amide bonds. The second-order valence-corrected chi connectivity index (χ2v) is 13.2. The van der Waals surface area contributed by atoms with Gasteiger partial charge in [-0.2, -0.15) is 0 Å². The Balaban J connectivity index is 2.32. The van der Waals surface area contributed by atoms with Crippen molar-refractivity contribution in [3.63, 3.8) is 0 Å². The highest BCUT2D eigenvalue weighted by Crippen LogP contribution is 2.44. The molecule has 2 aromatic rings. The number of hydrogen-bond acceptors (Lipinski definition) is 3. The van der Waals surface area contributed by atoms with Crippen molar-refractivity contribution in [2.24, 2.45) is 0 Å². The average molecular weight is 752 g/mol. The van der Waals surface area contributed by atoms with Gasteiger partial charge in [-0.1, -0.05) is 43.6 Å². The van der Waals surface area contributed by atoms with Crippen LogP contribution >= 0.6 is 131 Å². The van der Waals surface area contributed by atoms with Gasteiger partial charge in [0.15, 0.2) is 0 Å². The largest absolute Gasteiger partial charge is 0.113 e. The summed E-state index contributed by atoms with van der Waals surface area (Å²) in [5.41, 5.74) is 0. The molecule has 23 heavy (non-hydrogen) atoms. The lowest BCUT2D eigenvalue weighted by Gasteiger charge is -2.12. The maximum absolute atomic E-state index is 3.68. The van der Waals surface area contributed by atoms with Gasteiger partial charge in [0.2, 0.25) is 0 Å². The fraction of sp³-hybridized carbons (Fsp3) is 0.143. The summed E-state index contributed by atoms with van der Waals surface area (Å²) in [5, 5.41) is 0. The first kappa shape index (κ1) is 21.7. The van der Waals surface area contributed by atoms with Gasteiger partial charge in [0.25, 0.3) is 0 Å². The monoisotopic (exact) mass is 745 g/mol. The molecule has 0 radical (unpaired) electrons. The number of benzene rings is 2. The summed E-state index contributed by atoms with van der Waals surface area (Å²) in [7, 11) is 0. The van der Waals surface area contributed by atoms with Crippen molar-refractivity contribution >= 4 is 131 Å². The van der Waals surface area contributed by atoms with Crippen LogP contribution in [0.25, 0.3) is 0 Å². The number of alkyl halides is 2. The molecule has 0 aliphatic heterocycles. The van der Waals surface area contributed by atoms with E-state index in [1.807, 2.05) is 0 Å². The van der Waals surface area contributed by atoms with Crippen LogP contribution in [-0.4, -0.2) is 9.32 Å². The first-order valence-corrected chi connectivity index (χ1v) is 14.2. The van der Waals surface area contributed by atoms with Crippen LogP contribution in [0.3, 0.4) is 0 Å². The topological polar surface area (TPSA) is 0 Å². The molecule has 0 fully saturated rings. The Morgan fingerprint density at radius 2 is 0.870 bits per heavy atom. The summed E-state index contributed by atoms with van der Waals surface area (Å²) in [5.74, 6) is 0. The van der Waals surface area contributed by atoms with Crippen LogP contribution in [0.15, 0.2) is 61.7 Å². The zero-order chi connectivity index (χ0) is 17.0.